The van der Waals surface area contributed by atoms with Crippen LogP contribution in [-0.4, -0.2) is 44.7 Å². The molecule has 92 valence electrons. The number of amides is 1. The van der Waals surface area contributed by atoms with Gasteiger partial charge in [-0.1, -0.05) is 13.3 Å². The second-order valence-electron chi connectivity index (χ2n) is 4.51. The Bertz CT molecular complexity index is 428. The standard InChI is InChI=1S/C12H16N2O3/c1-2-5-12(17)7-14(8-12)11(16)10-9(15)4-3-6-13-10/h3-4,6,15,17H,2,5,7-8H2,1H3. The Balaban J connectivity index is 2.03. The molecule has 0 radical (unpaired) electrons. The number of carbonyl (C=O) groups is 1. The van der Waals surface area contributed by atoms with Crippen LogP contribution in [0.1, 0.15) is 30.3 Å². The zero-order valence-electron chi connectivity index (χ0n) is 9.76. The van der Waals surface area contributed by atoms with E-state index in [2.05, 4.69) is 4.98 Å². The molecule has 1 aromatic rings. The van der Waals surface area contributed by atoms with E-state index in [1.807, 2.05) is 6.92 Å². The molecule has 5 nitrogen and oxygen atoms in total. The van der Waals surface area contributed by atoms with Gasteiger partial charge in [0, 0.05) is 6.20 Å². The van der Waals surface area contributed by atoms with E-state index in [-0.39, 0.29) is 17.4 Å². The van der Waals surface area contributed by atoms with Crippen molar-refractivity contribution in [2.45, 2.75) is 25.4 Å². The Kier molecular flexibility index (Phi) is 3.02. The molecule has 1 saturated heterocycles. The number of aliphatic hydroxyl groups is 1. The quantitative estimate of drug-likeness (QED) is 0.813. The van der Waals surface area contributed by atoms with E-state index in [1.54, 1.807) is 6.07 Å². The normalized spacial score (nSPS) is 17.6. The van der Waals surface area contributed by atoms with E-state index in [9.17, 15) is 15.0 Å². The van der Waals surface area contributed by atoms with Gasteiger partial charge in [0.1, 0.15) is 5.75 Å². The van der Waals surface area contributed by atoms with Gasteiger partial charge in [-0.05, 0) is 18.6 Å². The van der Waals surface area contributed by atoms with Crippen LogP contribution in [0.15, 0.2) is 18.3 Å². The third-order valence-electron chi connectivity index (χ3n) is 2.96. The second-order valence-corrected chi connectivity index (χ2v) is 4.51. The van der Waals surface area contributed by atoms with Crippen LogP contribution >= 0.6 is 0 Å². The van der Waals surface area contributed by atoms with Crippen molar-refractivity contribution in [2.75, 3.05) is 13.1 Å². The van der Waals surface area contributed by atoms with Crippen LogP contribution in [0.4, 0.5) is 0 Å². The molecule has 0 saturated carbocycles. The molecule has 1 aliphatic heterocycles. The summed E-state index contributed by atoms with van der Waals surface area (Å²) in [5.74, 6) is -0.452. The summed E-state index contributed by atoms with van der Waals surface area (Å²) in [6.45, 7) is 2.62. The number of pyridine rings is 1. The molecule has 2 heterocycles. The molecule has 1 fully saturated rings. The Hall–Kier alpha value is -1.62. The van der Waals surface area contributed by atoms with Gasteiger partial charge in [0.2, 0.25) is 0 Å². The van der Waals surface area contributed by atoms with Crippen molar-refractivity contribution in [1.29, 1.82) is 0 Å². The monoisotopic (exact) mass is 236 g/mol. The zero-order valence-corrected chi connectivity index (χ0v) is 9.76. The minimum atomic E-state index is -0.755. The van der Waals surface area contributed by atoms with Crippen molar-refractivity contribution in [3.8, 4) is 5.75 Å². The molecule has 1 aliphatic rings. The van der Waals surface area contributed by atoms with E-state index in [0.29, 0.717) is 19.5 Å². The van der Waals surface area contributed by atoms with Gasteiger partial charge in [-0.15, -0.1) is 0 Å². The largest absolute Gasteiger partial charge is 0.505 e. The van der Waals surface area contributed by atoms with Crippen molar-refractivity contribution in [2.24, 2.45) is 0 Å². The Morgan fingerprint density at radius 1 is 1.59 bits per heavy atom. The highest BCUT2D eigenvalue weighted by Crippen LogP contribution is 2.28. The minimum Gasteiger partial charge on any atom is -0.505 e. The van der Waals surface area contributed by atoms with Crippen LogP contribution in [0.2, 0.25) is 0 Å². The Morgan fingerprint density at radius 2 is 2.29 bits per heavy atom. The van der Waals surface area contributed by atoms with Gasteiger partial charge in [-0.2, -0.15) is 0 Å². The van der Waals surface area contributed by atoms with Crippen molar-refractivity contribution in [3.05, 3.63) is 24.0 Å². The second kappa shape index (κ2) is 4.33. The fraction of sp³-hybridized carbons (Fsp3) is 0.500. The van der Waals surface area contributed by atoms with E-state index < -0.39 is 5.60 Å². The SMILES string of the molecule is CCCC1(O)CN(C(=O)c2ncccc2O)C1. The first kappa shape index (κ1) is 11.9. The van der Waals surface area contributed by atoms with Gasteiger partial charge in [0.15, 0.2) is 5.69 Å². The molecule has 5 heteroatoms. The third-order valence-corrected chi connectivity index (χ3v) is 2.96. The number of carbonyl (C=O) groups excluding carboxylic acids is 1. The molecule has 1 amide bonds. The summed E-state index contributed by atoms with van der Waals surface area (Å²) in [5.41, 5.74) is -0.708. The van der Waals surface area contributed by atoms with E-state index in [1.165, 1.54) is 17.2 Å². The Labute approximate surface area is 99.7 Å². The number of aromatic hydroxyl groups is 1. The topological polar surface area (TPSA) is 73.7 Å². The van der Waals surface area contributed by atoms with Crippen molar-refractivity contribution in [1.82, 2.24) is 9.88 Å². The Morgan fingerprint density at radius 3 is 2.88 bits per heavy atom. The smallest absolute Gasteiger partial charge is 0.276 e. The van der Waals surface area contributed by atoms with E-state index in [0.717, 1.165) is 6.42 Å². The lowest BCUT2D eigenvalue weighted by atomic mass is 9.89. The number of nitrogens with zero attached hydrogens (tertiary/aromatic N) is 2. The van der Waals surface area contributed by atoms with Gasteiger partial charge in [0.25, 0.3) is 5.91 Å². The molecule has 1 aromatic heterocycles. The lowest BCUT2D eigenvalue weighted by Gasteiger charge is -2.46. The highest BCUT2D eigenvalue weighted by molar-refractivity contribution is 5.95. The predicted octanol–water partition coefficient (Wildman–Crippen LogP) is 0.774. The predicted molar refractivity (Wildman–Crippen MR) is 61.7 cm³/mol. The maximum Gasteiger partial charge on any atom is 0.276 e. The summed E-state index contributed by atoms with van der Waals surface area (Å²) in [7, 11) is 0. The molecular weight excluding hydrogens is 220 g/mol. The van der Waals surface area contributed by atoms with Gasteiger partial charge >= 0.3 is 0 Å². The van der Waals surface area contributed by atoms with Crippen molar-refractivity contribution >= 4 is 5.91 Å². The summed E-state index contributed by atoms with van der Waals surface area (Å²) in [6, 6.07) is 2.99. The zero-order chi connectivity index (χ0) is 12.5. The van der Waals surface area contributed by atoms with Gasteiger partial charge in [-0.3, -0.25) is 4.79 Å². The molecule has 2 N–H and O–H groups in total. The maximum atomic E-state index is 11.9. The first-order chi connectivity index (χ1) is 8.06. The number of hydrogen-bond acceptors (Lipinski definition) is 4. The van der Waals surface area contributed by atoms with E-state index >= 15 is 0 Å². The summed E-state index contributed by atoms with van der Waals surface area (Å²) >= 11 is 0. The summed E-state index contributed by atoms with van der Waals surface area (Å²) < 4.78 is 0. The summed E-state index contributed by atoms with van der Waals surface area (Å²) in [5, 5.41) is 19.5. The highest BCUT2D eigenvalue weighted by Gasteiger charge is 2.43. The van der Waals surface area contributed by atoms with E-state index in [4.69, 9.17) is 0 Å². The molecular formula is C12H16N2O3. The maximum absolute atomic E-state index is 11.9. The van der Waals surface area contributed by atoms with Gasteiger partial charge in [0.05, 0.1) is 18.7 Å². The molecule has 0 bridgehead atoms. The average molecular weight is 236 g/mol. The molecule has 2 rings (SSSR count). The number of aromatic nitrogens is 1. The number of rotatable bonds is 3. The molecule has 17 heavy (non-hydrogen) atoms. The number of β-amino-alcohol motifs (C(OH)–C–C–N with tert-alkyl or cyclic N) is 1. The van der Waals surface area contributed by atoms with Crippen LogP contribution < -0.4 is 0 Å². The van der Waals surface area contributed by atoms with Crippen LogP contribution in [0.5, 0.6) is 5.75 Å². The molecule has 0 unspecified atom stereocenters. The first-order valence-electron chi connectivity index (χ1n) is 5.71. The van der Waals surface area contributed by atoms with Gasteiger partial charge in [-0.25, -0.2) is 4.98 Å². The molecule has 0 aliphatic carbocycles. The van der Waals surface area contributed by atoms with Crippen molar-refractivity contribution < 1.29 is 15.0 Å². The lowest BCUT2D eigenvalue weighted by molar-refractivity contribution is -0.0862. The third kappa shape index (κ3) is 2.24. The average Bonchev–Trinajstić information content (AvgIpc) is 2.26. The lowest BCUT2D eigenvalue weighted by Crippen LogP contribution is -2.63. The van der Waals surface area contributed by atoms with Crippen LogP contribution in [0.3, 0.4) is 0 Å². The first-order valence-corrected chi connectivity index (χ1v) is 5.71. The van der Waals surface area contributed by atoms with Crippen molar-refractivity contribution in [3.63, 3.8) is 0 Å². The van der Waals surface area contributed by atoms with Crippen LogP contribution in [0, 0.1) is 0 Å². The summed E-state index contributed by atoms with van der Waals surface area (Å²) in [6.07, 6.45) is 3.03. The van der Waals surface area contributed by atoms with Crippen LogP contribution in [0.25, 0.3) is 0 Å². The fourth-order valence-electron chi connectivity index (χ4n) is 2.14. The molecule has 0 aromatic carbocycles. The summed E-state index contributed by atoms with van der Waals surface area (Å²) in [4.78, 5) is 17.3. The molecule has 0 spiro atoms. The number of likely N-dealkylation sites (tertiary alicyclic amines) is 1. The highest BCUT2D eigenvalue weighted by atomic mass is 16.3. The molecule has 0 atom stereocenters. The number of hydrogen-bond donors (Lipinski definition) is 2. The minimum absolute atomic E-state index is 0.0473. The van der Waals surface area contributed by atoms with Crippen LogP contribution in [-0.2, 0) is 0 Å². The van der Waals surface area contributed by atoms with Gasteiger partial charge < -0.3 is 15.1 Å². The fourth-order valence-corrected chi connectivity index (χ4v) is 2.14.